The van der Waals surface area contributed by atoms with E-state index in [0.29, 0.717) is 0 Å². The lowest BCUT2D eigenvalue weighted by atomic mass is 9.88. The molecule has 4 nitrogen and oxygen atoms in total. The highest BCUT2D eigenvalue weighted by atomic mass is 16.5. The zero-order valence-electron chi connectivity index (χ0n) is 14.6. The molecule has 0 aliphatic rings. The van der Waals surface area contributed by atoms with Gasteiger partial charge in [-0.15, -0.1) is 0 Å². The number of carbonyl (C=O) groups excluding carboxylic acids is 2. The summed E-state index contributed by atoms with van der Waals surface area (Å²) in [5.41, 5.74) is 2.97. The minimum Gasteiger partial charge on any atom is -0.468 e. The Morgan fingerprint density at radius 3 is 1.56 bits per heavy atom. The molecule has 0 saturated heterocycles. The first kappa shape index (κ1) is 18.5. The first-order valence-corrected chi connectivity index (χ1v) is 8.06. The van der Waals surface area contributed by atoms with Gasteiger partial charge in [0.05, 0.1) is 14.2 Å². The molecule has 0 fully saturated rings. The predicted octanol–water partition coefficient (Wildman–Crippen LogP) is 3.72. The third kappa shape index (κ3) is 4.57. The van der Waals surface area contributed by atoms with Crippen molar-refractivity contribution in [1.29, 1.82) is 0 Å². The van der Waals surface area contributed by atoms with E-state index in [9.17, 15) is 9.59 Å². The number of carbonyl (C=O) groups is 2. The summed E-state index contributed by atoms with van der Waals surface area (Å²) in [6.45, 7) is 1.81. The molecule has 2 aromatic rings. The summed E-state index contributed by atoms with van der Waals surface area (Å²) < 4.78 is 9.56. The Balaban J connectivity index is 2.49. The maximum atomic E-state index is 12.1. The maximum Gasteiger partial charge on any atom is 0.320 e. The molecule has 1 unspecified atom stereocenters. The molecule has 0 aliphatic heterocycles. The van der Waals surface area contributed by atoms with Crippen molar-refractivity contribution < 1.29 is 19.1 Å². The van der Waals surface area contributed by atoms with Gasteiger partial charge in [-0.3, -0.25) is 9.59 Å². The van der Waals surface area contributed by atoms with Crippen LogP contribution in [0.5, 0.6) is 0 Å². The Bertz CT molecular complexity index is 678. The van der Waals surface area contributed by atoms with E-state index in [-0.39, 0.29) is 0 Å². The Kier molecular flexibility index (Phi) is 6.52. The summed E-state index contributed by atoms with van der Waals surface area (Å²) in [4.78, 5) is 24.1. The fourth-order valence-corrected chi connectivity index (χ4v) is 2.73. The second kappa shape index (κ2) is 8.83. The highest BCUT2D eigenvalue weighted by Crippen LogP contribution is 2.28. The minimum absolute atomic E-state index is 0.393. The van der Waals surface area contributed by atoms with Crippen LogP contribution in [0.3, 0.4) is 0 Å². The van der Waals surface area contributed by atoms with Crippen molar-refractivity contribution in [2.24, 2.45) is 11.8 Å². The van der Waals surface area contributed by atoms with E-state index in [1.54, 1.807) is 0 Å². The topological polar surface area (TPSA) is 52.6 Å². The number of benzene rings is 2. The molecule has 0 amide bonds. The second-order valence-electron chi connectivity index (χ2n) is 5.70. The van der Waals surface area contributed by atoms with Crippen molar-refractivity contribution >= 4 is 17.5 Å². The fourth-order valence-electron chi connectivity index (χ4n) is 2.73. The van der Waals surface area contributed by atoms with Gasteiger partial charge in [0.1, 0.15) is 0 Å². The fraction of sp³-hybridized carbons (Fsp3) is 0.238. The maximum absolute atomic E-state index is 12.1. The van der Waals surface area contributed by atoms with Crippen molar-refractivity contribution in [3.8, 4) is 0 Å². The number of methoxy groups -OCH3 is 2. The van der Waals surface area contributed by atoms with Gasteiger partial charge in [0.25, 0.3) is 0 Å². The molecule has 2 aromatic carbocycles. The molecule has 0 N–H and O–H groups in total. The Morgan fingerprint density at radius 2 is 1.20 bits per heavy atom. The van der Waals surface area contributed by atoms with Crippen LogP contribution in [0.15, 0.2) is 66.7 Å². The number of esters is 2. The highest BCUT2D eigenvalue weighted by Gasteiger charge is 2.33. The zero-order valence-corrected chi connectivity index (χ0v) is 14.6. The van der Waals surface area contributed by atoms with Gasteiger partial charge in [-0.25, -0.2) is 0 Å². The molecular formula is C21H22O4. The van der Waals surface area contributed by atoms with Gasteiger partial charge in [-0.2, -0.15) is 0 Å². The standard InChI is InChI=1S/C21H22O4/c1-15(19(20(22)24-2)21(23)25-3)14-18(16-10-6-4-7-11-16)17-12-8-5-9-13-17/h4-15,19H,1-3H3. The van der Waals surface area contributed by atoms with Crippen LogP contribution in [0.25, 0.3) is 5.57 Å². The van der Waals surface area contributed by atoms with Crippen LogP contribution in [-0.2, 0) is 19.1 Å². The van der Waals surface area contributed by atoms with Crippen molar-refractivity contribution in [3.63, 3.8) is 0 Å². The van der Waals surface area contributed by atoms with Crippen LogP contribution in [-0.4, -0.2) is 26.2 Å². The molecule has 1 atom stereocenters. The summed E-state index contributed by atoms with van der Waals surface area (Å²) >= 11 is 0. The average Bonchev–Trinajstić information content (AvgIpc) is 2.67. The molecule has 2 rings (SSSR count). The van der Waals surface area contributed by atoms with Gasteiger partial charge in [0.15, 0.2) is 5.92 Å². The molecule has 0 heterocycles. The second-order valence-corrected chi connectivity index (χ2v) is 5.70. The average molecular weight is 338 g/mol. The number of allylic oxidation sites excluding steroid dienone is 1. The lowest BCUT2D eigenvalue weighted by Gasteiger charge is -2.19. The molecule has 0 saturated carbocycles. The van der Waals surface area contributed by atoms with E-state index in [1.807, 2.05) is 73.7 Å². The number of hydrogen-bond donors (Lipinski definition) is 0. The van der Waals surface area contributed by atoms with Crippen LogP contribution in [0.1, 0.15) is 18.1 Å². The third-order valence-electron chi connectivity index (χ3n) is 4.04. The molecule has 0 aliphatic carbocycles. The van der Waals surface area contributed by atoms with Crippen molar-refractivity contribution in [2.45, 2.75) is 6.92 Å². The van der Waals surface area contributed by atoms with Crippen molar-refractivity contribution in [1.82, 2.24) is 0 Å². The van der Waals surface area contributed by atoms with E-state index < -0.39 is 23.8 Å². The molecule has 0 spiro atoms. The minimum atomic E-state index is -1.00. The summed E-state index contributed by atoms with van der Waals surface area (Å²) in [5, 5.41) is 0. The first-order valence-electron chi connectivity index (χ1n) is 8.06. The van der Waals surface area contributed by atoms with Gasteiger partial charge in [0.2, 0.25) is 0 Å². The Labute approximate surface area is 148 Å². The first-order chi connectivity index (χ1) is 12.1. The third-order valence-corrected chi connectivity index (χ3v) is 4.04. The molecule has 0 aromatic heterocycles. The van der Waals surface area contributed by atoms with Crippen molar-refractivity contribution in [2.75, 3.05) is 14.2 Å². The Morgan fingerprint density at radius 1 is 0.800 bits per heavy atom. The Hall–Kier alpha value is -2.88. The van der Waals surface area contributed by atoms with Gasteiger partial charge < -0.3 is 9.47 Å². The number of ether oxygens (including phenoxy) is 2. The van der Waals surface area contributed by atoms with Crippen LogP contribution in [0.4, 0.5) is 0 Å². The molecular weight excluding hydrogens is 316 g/mol. The summed E-state index contributed by atoms with van der Waals surface area (Å²) in [7, 11) is 2.54. The van der Waals surface area contributed by atoms with Gasteiger partial charge in [-0.1, -0.05) is 73.7 Å². The SMILES string of the molecule is COC(=O)C(C(=O)OC)C(C)C=C(c1ccccc1)c1ccccc1. The molecule has 0 bridgehead atoms. The van der Waals surface area contributed by atoms with Crippen LogP contribution >= 0.6 is 0 Å². The monoisotopic (exact) mass is 338 g/mol. The number of hydrogen-bond acceptors (Lipinski definition) is 4. The quantitative estimate of drug-likeness (QED) is 0.595. The lowest BCUT2D eigenvalue weighted by molar-refractivity contribution is -0.160. The van der Waals surface area contributed by atoms with E-state index in [1.165, 1.54) is 14.2 Å². The van der Waals surface area contributed by atoms with Crippen LogP contribution in [0, 0.1) is 11.8 Å². The summed E-state index contributed by atoms with van der Waals surface area (Å²) in [5.74, 6) is -2.60. The summed E-state index contributed by atoms with van der Waals surface area (Å²) in [6.07, 6.45) is 1.92. The lowest BCUT2D eigenvalue weighted by Crippen LogP contribution is -2.31. The normalized spacial score (nSPS) is 11.5. The van der Waals surface area contributed by atoms with Crippen molar-refractivity contribution in [3.05, 3.63) is 77.9 Å². The molecule has 130 valence electrons. The molecule has 25 heavy (non-hydrogen) atoms. The summed E-state index contributed by atoms with van der Waals surface area (Å²) in [6, 6.07) is 19.7. The highest BCUT2D eigenvalue weighted by molar-refractivity contribution is 5.96. The van der Waals surface area contributed by atoms with Gasteiger partial charge in [0, 0.05) is 0 Å². The van der Waals surface area contributed by atoms with E-state index in [4.69, 9.17) is 9.47 Å². The molecule has 0 radical (unpaired) electrons. The number of rotatable bonds is 6. The predicted molar refractivity (Wildman–Crippen MR) is 96.6 cm³/mol. The van der Waals surface area contributed by atoms with E-state index in [0.717, 1.165) is 16.7 Å². The van der Waals surface area contributed by atoms with Gasteiger partial charge >= 0.3 is 11.9 Å². The largest absolute Gasteiger partial charge is 0.468 e. The van der Waals surface area contributed by atoms with E-state index in [2.05, 4.69) is 0 Å². The van der Waals surface area contributed by atoms with Gasteiger partial charge in [-0.05, 0) is 22.6 Å². The van der Waals surface area contributed by atoms with Crippen LogP contribution < -0.4 is 0 Å². The molecule has 4 heteroatoms. The zero-order chi connectivity index (χ0) is 18.2. The smallest absolute Gasteiger partial charge is 0.320 e. The van der Waals surface area contributed by atoms with Crippen LogP contribution in [0.2, 0.25) is 0 Å². The van der Waals surface area contributed by atoms with E-state index >= 15 is 0 Å².